The maximum absolute atomic E-state index is 13.9. The average molecular weight is 444 g/mol. The van der Waals surface area contributed by atoms with Gasteiger partial charge in [-0.15, -0.1) is 0 Å². The Morgan fingerprint density at radius 1 is 1.09 bits per heavy atom. The molecule has 0 saturated carbocycles. The second kappa shape index (κ2) is 7.67. The van der Waals surface area contributed by atoms with Crippen molar-refractivity contribution in [1.29, 1.82) is 0 Å². The van der Waals surface area contributed by atoms with Crippen LogP contribution in [0, 0.1) is 12.7 Å². The number of esters is 1. The van der Waals surface area contributed by atoms with E-state index in [-0.39, 0.29) is 22.3 Å². The summed E-state index contributed by atoms with van der Waals surface area (Å²) in [5.41, 5.74) is 1.26. The molecule has 0 aliphatic carbocycles. The fraction of sp³-hybridized carbons (Fsp3) is 0.120. The summed E-state index contributed by atoms with van der Waals surface area (Å²) in [6, 6.07) is 14.3. The molecular formula is C25H17FN2O5. The molecule has 1 unspecified atom stereocenters. The number of rotatable bonds is 3. The zero-order valence-corrected chi connectivity index (χ0v) is 17.7. The van der Waals surface area contributed by atoms with E-state index in [1.54, 1.807) is 49.4 Å². The van der Waals surface area contributed by atoms with Crippen LogP contribution < -0.4 is 10.3 Å². The topological polar surface area (TPSA) is 89.7 Å². The van der Waals surface area contributed by atoms with Gasteiger partial charge in [0.1, 0.15) is 17.2 Å². The zero-order valence-electron chi connectivity index (χ0n) is 17.7. The van der Waals surface area contributed by atoms with Crippen molar-refractivity contribution in [2.45, 2.75) is 13.0 Å². The number of halogens is 1. The number of benzene rings is 2. The van der Waals surface area contributed by atoms with Crippen molar-refractivity contribution in [3.05, 3.63) is 105 Å². The van der Waals surface area contributed by atoms with Crippen molar-refractivity contribution in [3.63, 3.8) is 0 Å². The van der Waals surface area contributed by atoms with Crippen LogP contribution in [0.3, 0.4) is 0 Å². The standard InChI is InChI=1S/C25H17FN2O5/c1-13-4-3-5-19(27-13)28-21(14-6-8-15(9-7-14)25(31)32-2)20-22(29)17-12-16(26)10-11-18(17)33-23(20)24(28)30/h3-12,21H,1-2H3. The summed E-state index contributed by atoms with van der Waals surface area (Å²) in [4.78, 5) is 44.6. The molecule has 0 saturated heterocycles. The number of aromatic nitrogens is 1. The largest absolute Gasteiger partial charge is 0.465 e. The van der Waals surface area contributed by atoms with E-state index in [0.717, 1.165) is 6.07 Å². The van der Waals surface area contributed by atoms with E-state index in [1.807, 2.05) is 0 Å². The molecule has 2 aromatic carbocycles. The van der Waals surface area contributed by atoms with Gasteiger partial charge in [0.25, 0.3) is 5.91 Å². The summed E-state index contributed by atoms with van der Waals surface area (Å²) in [7, 11) is 1.28. The van der Waals surface area contributed by atoms with E-state index in [1.165, 1.54) is 24.1 Å². The number of carbonyl (C=O) groups is 2. The summed E-state index contributed by atoms with van der Waals surface area (Å²) in [6.07, 6.45) is 0. The van der Waals surface area contributed by atoms with E-state index in [4.69, 9.17) is 9.15 Å². The highest BCUT2D eigenvalue weighted by Crippen LogP contribution is 2.40. The van der Waals surface area contributed by atoms with Gasteiger partial charge in [-0.05, 0) is 55.0 Å². The molecule has 7 nitrogen and oxygen atoms in total. The van der Waals surface area contributed by atoms with Gasteiger partial charge in [-0.25, -0.2) is 14.2 Å². The van der Waals surface area contributed by atoms with Crippen molar-refractivity contribution in [1.82, 2.24) is 4.98 Å². The van der Waals surface area contributed by atoms with Crippen LogP contribution in [-0.4, -0.2) is 24.0 Å². The lowest BCUT2D eigenvalue weighted by molar-refractivity contribution is 0.0600. The fourth-order valence-electron chi connectivity index (χ4n) is 4.08. The quantitative estimate of drug-likeness (QED) is 0.441. The van der Waals surface area contributed by atoms with Crippen molar-refractivity contribution < 1.29 is 23.1 Å². The molecule has 3 heterocycles. The monoisotopic (exact) mass is 444 g/mol. The number of aryl methyl sites for hydroxylation is 1. The van der Waals surface area contributed by atoms with Gasteiger partial charge in [0.2, 0.25) is 5.76 Å². The lowest BCUT2D eigenvalue weighted by Gasteiger charge is -2.24. The third-order valence-corrected chi connectivity index (χ3v) is 5.60. The molecule has 1 atom stereocenters. The molecule has 0 radical (unpaired) electrons. The summed E-state index contributed by atoms with van der Waals surface area (Å²) in [5, 5.41) is 0.0387. The first-order valence-corrected chi connectivity index (χ1v) is 10.1. The first kappa shape index (κ1) is 20.6. The first-order valence-electron chi connectivity index (χ1n) is 10.1. The molecule has 0 bridgehead atoms. The Labute approximate surface area is 187 Å². The molecule has 0 spiro atoms. The predicted octanol–water partition coefficient (Wildman–Crippen LogP) is 4.17. The number of amides is 1. The second-order valence-electron chi connectivity index (χ2n) is 7.64. The van der Waals surface area contributed by atoms with Crippen LogP contribution in [0.4, 0.5) is 10.2 Å². The average Bonchev–Trinajstić information content (AvgIpc) is 3.11. The minimum atomic E-state index is -0.877. The van der Waals surface area contributed by atoms with Crippen LogP contribution in [0.25, 0.3) is 11.0 Å². The van der Waals surface area contributed by atoms with Gasteiger partial charge in [0, 0.05) is 5.69 Å². The van der Waals surface area contributed by atoms with Crippen LogP contribution in [0.15, 0.2) is 69.9 Å². The third-order valence-electron chi connectivity index (χ3n) is 5.60. The molecule has 5 rings (SSSR count). The molecule has 1 amide bonds. The van der Waals surface area contributed by atoms with Crippen LogP contribution in [-0.2, 0) is 4.74 Å². The minimum Gasteiger partial charge on any atom is -0.465 e. The molecule has 1 aliphatic heterocycles. The Morgan fingerprint density at radius 2 is 1.85 bits per heavy atom. The Hall–Kier alpha value is -4.33. The molecule has 2 aromatic heterocycles. The molecule has 8 heteroatoms. The van der Waals surface area contributed by atoms with Crippen LogP contribution in [0.5, 0.6) is 0 Å². The number of methoxy groups -OCH3 is 1. The second-order valence-corrected chi connectivity index (χ2v) is 7.64. The SMILES string of the molecule is COC(=O)c1ccc(C2c3c(oc4ccc(F)cc4c3=O)C(=O)N2c2cccc(C)n2)cc1. The third kappa shape index (κ3) is 3.27. The van der Waals surface area contributed by atoms with E-state index < -0.39 is 29.2 Å². The Morgan fingerprint density at radius 3 is 2.55 bits per heavy atom. The summed E-state index contributed by atoms with van der Waals surface area (Å²) < 4.78 is 24.4. The van der Waals surface area contributed by atoms with E-state index in [2.05, 4.69) is 4.98 Å². The number of pyridine rings is 1. The van der Waals surface area contributed by atoms with Gasteiger partial charge in [-0.3, -0.25) is 14.5 Å². The van der Waals surface area contributed by atoms with Crippen LogP contribution >= 0.6 is 0 Å². The van der Waals surface area contributed by atoms with Gasteiger partial charge < -0.3 is 9.15 Å². The number of ether oxygens (including phenoxy) is 1. The maximum atomic E-state index is 13.9. The molecule has 0 fully saturated rings. The Kier molecular flexibility index (Phi) is 4.78. The number of nitrogens with zero attached hydrogens (tertiary/aromatic N) is 2. The molecular weight excluding hydrogens is 427 g/mol. The highest BCUT2D eigenvalue weighted by Gasteiger charge is 2.44. The maximum Gasteiger partial charge on any atom is 0.337 e. The highest BCUT2D eigenvalue weighted by molar-refractivity contribution is 6.10. The number of anilines is 1. The number of hydrogen-bond donors (Lipinski definition) is 0. The number of carbonyl (C=O) groups excluding carboxylic acids is 2. The van der Waals surface area contributed by atoms with Crippen molar-refractivity contribution in [2.24, 2.45) is 0 Å². The lowest BCUT2D eigenvalue weighted by atomic mass is 9.97. The molecule has 4 aromatic rings. The van der Waals surface area contributed by atoms with Gasteiger partial charge in [0.05, 0.1) is 29.7 Å². The Bertz CT molecular complexity index is 1490. The van der Waals surface area contributed by atoms with E-state index in [9.17, 15) is 18.8 Å². The zero-order chi connectivity index (χ0) is 23.3. The summed E-state index contributed by atoms with van der Waals surface area (Å²) in [6.45, 7) is 1.79. The van der Waals surface area contributed by atoms with Crippen molar-refractivity contribution in [3.8, 4) is 0 Å². The van der Waals surface area contributed by atoms with Gasteiger partial charge in [0.15, 0.2) is 5.43 Å². The van der Waals surface area contributed by atoms with Gasteiger partial charge in [-0.1, -0.05) is 18.2 Å². The Balaban J connectivity index is 1.77. The molecule has 1 aliphatic rings. The molecule has 0 N–H and O–H groups in total. The number of fused-ring (bicyclic) bond motifs is 2. The van der Waals surface area contributed by atoms with Crippen molar-refractivity contribution >= 4 is 28.7 Å². The molecule has 164 valence electrons. The minimum absolute atomic E-state index is 0.0387. The fourth-order valence-corrected chi connectivity index (χ4v) is 4.08. The van der Waals surface area contributed by atoms with E-state index >= 15 is 0 Å². The van der Waals surface area contributed by atoms with Gasteiger partial charge >= 0.3 is 5.97 Å². The lowest BCUT2D eigenvalue weighted by Crippen LogP contribution is -2.30. The van der Waals surface area contributed by atoms with E-state index in [0.29, 0.717) is 22.6 Å². The predicted molar refractivity (Wildman–Crippen MR) is 118 cm³/mol. The summed E-state index contributed by atoms with van der Waals surface area (Å²) in [5.74, 6) is -1.42. The highest BCUT2D eigenvalue weighted by atomic mass is 19.1. The van der Waals surface area contributed by atoms with Gasteiger partial charge in [-0.2, -0.15) is 0 Å². The number of hydrogen-bond acceptors (Lipinski definition) is 6. The smallest absolute Gasteiger partial charge is 0.337 e. The van der Waals surface area contributed by atoms with Crippen molar-refractivity contribution in [2.75, 3.05) is 12.0 Å². The van der Waals surface area contributed by atoms with Crippen LogP contribution in [0.2, 0.25) is 0 Å². The van der Waals surface area contributed by atoms with Crippen LogP contribution in [0.1, 0.15) is 43.8 Å². The first-order chi connectivity index (χ1) is 15.9. The normalized spacial score (nSPS) is 15.1. The molecule has 33 heavy (non-hydrogen) atoms. The summed E-state index contributed by atoms with van der Waals surface area (Å²) >= 11 is 0.